The third-order valence-electron chi connectivity index (χ3n) is 6.13. The summed E-state index contributed by atoms with van der Waals surface area (Å²) in [4.78, 5) is 21.2. The number of rotatable bonds is 7. The number of para-hydroxylation sites is 2. The minimum absolute atomic E-state index is 0.182. The predicted molar refractivity (Wildman–Crippen MR) is 139 cm³/mol. The number of hydrogen-bond donors (Lipinski definition) is 2. The van der Waals surface area contributed by atoms with E-state index in [4.69, 9.17) is 9.47 Å². The first-order valence-corrected chi connectivity index (χ1v) is 11.3. The number of H-pyrrole nitrogens is 1. The number of aliphatic imine (C=N–C) groups is 1. The highest BCUT2D eigenvalue weighted by atomic mass is 16.5. The quantitative estimate of drug-likeness (QED) is 0.335. The fourth-order valence-electron chi connectivity index (χ4n) is 4.36. The van der Waals surface area contributed by atoms with Crippen molar-refractivity contribution in [3.8, 4) is 23.1 Å². The zero-order valence-corrected chi connectivity index (χ0v) is 19.5. The Morgan fingerprint density at radius 3 is 2.54 bits per heavy atom. The number of nitrogens with one attached hydrogen (secondary N) is 1. The van der Waals surface area contributed by atoms with Gasteiger partial charge in [0.1, 0.15) is 11.5 Å². The van der Waals surface area contributed by atoms with Crippen molar-refractivity contribution >= 4 is 27.9 Å². The Balaban J connectivity index is 1.53. The van der Waals surface area contributed by atoms with Gasteiger partial charge in [-0.15, -0.1) is 0 Å². The Hall–Kier alpha value is -4.52. The van der Waals surface area contributed by atoms with E-state index >= 15 is 0 Å². The maximum atomic E-state index is 13.3. The lowest BCUT2D eigenvalue weighted by atomic mass is 10.1. The summed E-state index contributed by atoms with van der Waals surface area (Å²) in [6.45, 7) is 0.506. The zero-order valence-electron chi connectivity index (χ0n) is 19.5. The Morgan fingerprint density at radius 2 is 1.74 bits per heavy atom. The number of aromatic amines is 1. The molecule has 2 aromatic heterocycles. The highest BCUT2D eigenvalue weighted by Gasteiger charge is 2.18. The van der Waals surface area contributed by atoms with E-state index in [9.17, 15) is 9.90 Å². The summed E-state index contributed by atoms with van der Waals surface area (Å²) >= 11 is 0. The lowest BCUT2D eigenvalue weighted by Crippen LogP contribution is -2.20. The summed E-state index contributed by atoms with van der Waals surface area (Å²) < 4.78 is 12.1. The Kier molecular flexibility index (Phi) is 5.97. The molecule has 0 aliphatic heterocycles. The van der Waals surface area contributed by atoms with Crippen LogP contribution in [0.15, 0.2) is 82.7 Å². The van der Waals surface area contributed by atoms with Crippen LogP contribution in [0.4, 0.5) is 0 Å². The van der Waals surface area contributed by atoms with Crippen LogP contribution < -0.4 is 15.0 Å². The molecule has 0 saturated heterocycles. The average molecular weight is 468 g/mol. The number of fused-ring (bicyclic) bond motifs is 2. The van der Waals surface area contributed by atoms with E-state index in [-0.39, 0.29) is 11.4 Å². The minimum atomic E-state index is -0.326. The number of benzene rings is 3. The molecule has 35 heavy (non-hydrogen) atoms. The third kappa shape index (κ3) is 4.01. The fraction of sp³-hybridized carbons (Fsp3) is 0.143. The topological polar surface area (TPSA) is 88.8 Å². The number of aromatic nitrogens is 2. The molecule has 5 aromatic rings. The van der Waals surface area contributed by atoms with Crippen LogP contribution in [0.5, 0.6) is 17.4 Å². The number of ether oxygens (including phenoxy) is 2. The van der Waals surface area contributed by atoms with Crippen molar-refractivity contribution < 1.29 is 14.6 Å². The Labute approximate surface area is 201 Å². The van der Waals surface area contributed by atoms with E-state index in [1.54, 1.807) is 43.7 Å². The third-order valence-corrected chi connectivity index (χ3v) is 6.13. The molecule has 0 aliphatic rings. The number of methoxy groups -OCH3 is 2. The maximum Gasteiger partial charge on any atom is 0.265 e. The van der Waals surface area contributed by atoms with E-state index in [2.05, 4.69) is 9.98 Å². The van der Waals surface area contributed by atoms with Gasteiger partial charge in [0.15, 0.2) is 0 Å². The van der Waals surface area contributed by atoms with Crippen LogP contribution >= 0.6 is 0 Å². The largest absolute Gasteiger partial charge is 0.497 e. The molecular formula is C28H25N3O4. The maximum absolute atomic E-state index is 13.3. The normalized spacial score (nSPS) is 11.5. The van der Waals surface area contributed by atoms with E-state index in [1.165, 1.54) is 11.7 Å². The lowest BCUT2D eigenvalue weighted by Gasteiger charge is -2.16. The summed E-state index contributed by atoms with van der Waals surface area (Å²) in [5, 5.41) is 13.4. The second kappa shape index (κ2) is 9.38. The molecule has 2 N–H and O–H groups in total. The van der Waals surface area contributed by atoms with Gasteiger partial charge in [-0.1, -0.05) is 30.3 Å². The summed E-state index contributed by atoms with van der Waals surface area (Å²) in [5.41, 5.74) is 2.78. The molecule has 0 saturated carbocycles. The van der Waals surface area contributed by atoms with Crippen molar-refractivity contribution in [2.45, 2.75) is 6.42 Å². The van der Waals surface area contributed by atoms with Gasteiger partial charge < -0.3 is 19.6 Å². The van der Waals surface area contributed by atoms with Gasteiger partial charge in [-0.3, -0.25) is 9.79 Å². The Bertz CT molecular complexity index is 1610. The molecule has 0 aliphatic carbocycles. The summed E-state index contributed by atoms with van der Waals surface area (Å²) in [5.74, 6) is 1.11. The molecule has 7 nitrogen and oxygen atoms in total. The highest BCUT2D eigenvalue weighted by molar-refractivity contribution is 6.01. The highest BCUT2D eigenvalue weighted by Crippen LogP contribution is 2.30. The molecule has 0 atom stereocenters. The first-order chi connectivity index (χ1) is 17.1. The molecule has 176 valence electrons. The first kappa shape index (κ1) is 22.3. The molecule has 3 aromatic carbocycles. The number of pyridine rings is 1. The van der Waals surface area contributed by atoms with Gasteiger partial charge in [-0.2, -0.15) is 0 Å². The number of hydrogen-bond acceptors (Lipinski definition) is 5. The van der Waals surface area contributed by atoms with Crippen molar-refractivity contribution in [3.63, 3.8) is 0 Å². The summed E-state index contributed by atoms with van der Waals surface area (Å²) in [6, 6.07) is 20.2. The summed E-state index contributed by atoms with van der Waals surface area (Å²) in [7, 11) is 3.18. The van der Waals surface area contributed by atoms with Gasteiger partial charge in [-0.25, -0.2) is 4.57 Å². The van der Waals surface area contributed by atoms with E-state index in [0.29, 0.717) is 40.7 Å². The van der Waals surface area contributed by atoms with Crippen LogP contribution in [0.3, 0.4) is 0 Å². The van der Waals surface area contributed by atoms with Gasteiger partial charge in [0.2, 0.25) is 5.88 Å². The van der Waals surface area contributed by atoms with Crippen LogP contribution in [0.1, 0.15) is 11.1 Å². The molecule has 0 amide bonds. The second-order valence-corrected chi connectivity index (χ2v) is 8.11. The van der Waals surface area contributed by atoms with Gasteiger partial charge in [-0.05, 0) is 48.4 Å². The molecule has 0 bridgehead atoms. The average Bonchev–Trinajstić information content (AvgIpc) is 3.30. The molecule has 0 radical (unpaired) electrons. The van der Waals surface area contributed by atoms with Gasteiger partial charge >= 0.3 is 0 Å². The molecule has 7 heteroatoms. The fourth-order valence-corrected chi connectivity index (χ4v) is 4.36. The van der Waals surface area contributed by atoms with Crippen molar-refractivity contribution in [2.75, 3.05) is 20.8 Å². The van der Waals surface area contributed by atoms with Gasteiger partial charge in [0.05, 0.1) is 25.5 Å². The van der Waals surface area contributed by atoms with Crippen molar-refractivity contribution in [1.82, 2.24) is 9.55 Å². The van der Waals surface area contributed by atoms with Crippen molar-refractivity contribution in [2.24, 2.45) is 4.99 Å². The molecular weight excluding hydrogens is 442 g/mol. The minimum Gasteiger partial charge on any atom is -0.497 e. The second-order valence-electron chi connectivity index (χ2n) is 8.11. The lowest BCUT2D eigenvalue weighted by molar-refractivity contribution is 0.404. The van der Waals surface area contributed by atoms with Gasteiger partial charge in [0, 0.05) is 40.6 Å². The van der Waals surface area contributed by atoms with Crippen LogP contribution in [-0.2, 0) is 6.42 Å². The standard InChI is InChI=1S/C28H25N3O4/c1-34-19-11-12-24-22(15-19)18(16-30-24)13-14-29-17-23-20-7-3-4-8-21(20)27(32)31(28(23)33)25-9-5-6-10-26(25)35-2/h3-12,15-17,30,33H,13-14H2,1-2H3. The van der Waals surface area contributed by atoms with Crippen LogP contribution in [0.25, 0.3) is 27.4 Å². The van der Waals surface area contributed by atoms with Crippen LogP contribution in [-0.4, -0.2) is 41.6 Å². The number of nitrogens with zero attached hydrogens (tertiary/aromatic N) is 2. The van der Waals surface area contributed by atoms with Crippen LogP contribution in [0.2, 0.25) is 0 Å². The van der Waals surface area contributed by atoms with Crippen LogP contribution in [0, 0.1) is 0 Å². The predicted octanol–water partition coefficient (Wildman–Crippen LogP) is 4.86. The van der Waals surface area contributed by atoms with Crippen molar-refractivity contribution in [3.05, 3.63) is 94.4 Å². The first-order valence-electron chi connectivity index (χ1n) is 11.3. The molecule has 0 fully saturated rings. The zero-order chi connectivity index (χ0) is 24.4. The molecule has 0 unspecified atom stereocenters. The molecule has 2 heterocycles. The Morgan fingerprint density at radius 1 is 0.971 bits per heavy atom. The molecule has 0 spiro atoms. The molecule has 5 rings (SSSR count). The van der Waals surface area contributed by atoms with E-state index < -0.39 is 0 Å². The van der Waals surface area contributed by atoms with Gasteiger partial charge in [0.25, 0.3) is 5.56 Å². The monoisotopic (exact) mass is 467 g/mol. The SMILES string of the molecule is COc1ccc2[nH]cc(CCN=Cc3c(O)n(-c4ccccc4OC)c(=O)c4ccccc34)c2c1. The van der Waals surface area contributed by atoms with E-state index in [1.807, 2.05) is 42.6 Å². The summed E-state index contributed by atoms with van der Waals surface area (Å²) in [6.07, 6.45) is 4.32. The number of aromatic hydroxyl groups is 1. The van der Waals surface area contributed by atoms with Crippen molar-refractivity contribution in [1.29, 1.82) is 0 Å². The van der Waals surface area contributed by atoms with E-state index in [0.717, 1.165) is 22.2 Å². The smallest absolute Gasteiger partial charge is 0.265 e.